The molecule has 2 rings (SSSR count). The summed E-state index contributed by atoms with van der Waals surface area (Å²) in [5.74, 6) is 0.134. The fraction of sp³-hybridized carbons (Fsp3) is 0.200. The average molecular weight is 246 g/mol. The van der Waals surface area contributed by atoms with Crippen LogP contribution < -0.4 is 5.56 Å². The first kappa shape index (κ1) is 11.8. The lowest BCUT2D eigenvalue weighted by molar-refractivity contribution is 0.111. The van der Waals surface area contributed by atoms with Crippen molar-refractivity contribution in [1.29, 1.82) is 0 Å². The molecule has 18 heavy (non-hydrogen) atoms. The molecule has 0 fully saturated rings. The molecular formula is C10H10N6O2. The molecule has 2 aromatic heterocycles. The number of aromatic nitrogens is 4. The third-order valence-corrected chi connectivity index (χ3v) is 1.96. The van der Waals surface area contributed by atoms with Crippen LogP contribution in [-0.4, -0.2) is 51.6 Å². The van der Waals surface area contributed by atoms with Crippen molar-refractivity contribution in [2.24, 2.45) is 4.99 Å². The summed E-state index contributed by atoms with van der Waals surface area (Å²) in [5.41, 5.74) is -0.236. The van der Waals surface area contributed by atoms with Crippen LogP contribution in [0.4, 0.5) is 5.95 Å². The molecule has 8 nitrogen and oxygen atoms in total. The lowest BCUT2D eigenvalue weighted by Gasteiger charge is -2.02. The van der Waals surface area contributed by atoms with Crippen LogP contribution in [0.25, 0.3) is 11.2 Å². The summed E-state index contributed by atoms with van der Waals surface area (Å²) < 4.78 is 0. The number of carbonyl (C=O) groups excluding carboxylic acids is 1. The van der Waals surface area contributed by atoms with Gasteiger partial charge in [-0.05, 0) is 0 Å². The topological polar surface area (TPSA) is 104 Å². The van der Waals surface area contributed by atoms with E-state index in [1.165, 1.54) is 12.5 Å². The van der Waals surface area contributed by atoms with E-state index < -0.39 is 5.56 Å². The molecule has 2 aromatic rings. The lowest BCUT2D eigenvalue weighted by Crippen LogP contribution is -2.12. The third kappa shape index (κ3) is 2.37. The van der Waals surface area contributed by atoms with Crippen molar-refractivity contribution >= 4 is 29.7 Å². The fourth-order valence-corrected chi connectivity index (χ4v) is 1.21. The Balaban J connectivity index is 2.57. The van der Waals surface area contributed by atoms with Gasteiger partial charge in [-0.15, -0.1) is 0 Å². The maximum atomic E-state index is 11.7. The predicted molar refractivity (Wildman–Crippen MR) is 65.2 cm³/mol. The van der Waals surface area contributed by atoms with Crippen molar-refractivity contribution in [3.8, 4) is 0 Å². The van der Waals surface area contributed by atoms with Crippen LogP contribution >= 0.6 is 0 Å². The summed E-state index contributed by atoms with van der Waals surface area (Å²) in [7, 11) is 3.58. The number of aldehydes is 1. The Labute approximate surface area is 101 Å². The van der Waals surface area contributed by atoms with Crippen LogP contribution in [0, 0.1) is 0 Å². The van der Waals surface area contributed by atoms with E-state index in [0.717, 1.165) is 0 Å². The van der Waals surface area contributed by atoms with Crippen LogP contribution in [0.2, 0.25) is 0 Å². The molecule has 1 N–H and O–H groups in total. The van der Waals surface area contributed by atoms with Gasteiger partial charge < -0.3 is 4.90 Å². The number of carbonyl (C=O) groups is 1. The molecule has 2 heterocycles. The van der Waals surface area contributed by atoms with Crippen molar-refractivity contribution in [2.75, 3.05) is 14.1 Å². The summed E-state index contributed by atoms with van der Waals surface area (Å²) in [6.45, 7) is 0. The van der Waals surface area contributed by atoms with Crippen molar-refractivity contribution in [2.45, 2.75) is 0 Å². The predicted octanol–water partition coefficient (Wildman–Crippen LogP) is -0.253. The molecule has 0 atom stereocenters. The van der Waals surface area contributed by atoms with E-state index in [-0.39, 0.29) is 22.8 Å². The van der Waals surface area contributed by atoms with Crippen molar-refractivity contribution < 1.29 is 4.79 Å². The molecular weight excluding hydrogens is 236 g/mol. The van der Waals surface area contributed by atoms with E-state index in [0.29, 0.717) is 6.29 Å². The molecule has 0 radical (unpaired) electrons. The Hall–Kier alpha value is -2.64. The van der Waals surface area contributed by atoms with Crippen LogP contribution in [0.1, 0.15) is 10.5 Å². The van der Waals surface area contributed by atoms with Gasteiger partial charge in [-0.2, -0.15) is 4.98 Å². The Kier molecular flexibility index (Phi) is 3.09. The summed E-state index contributed by atoms with van der Waals surface area (Å²) in [6, 6.07) is 0. The Bertz CT molecular complexity index is 676. The summed E-state index contributed by atoms with van der Waals surface area (Å²) in [4.78, 5) is 42.1. The minimum atomic E-state index is -0.484. The quantitative estimate of drug-likeness (QED) is 0.455. The Morgan fingerprint density at radius 2 is 2.17 bits per heavy atom. The fourth-order valence-electron chi connectivity index (χ4n) is 1.21. The van der Waals surface area contributed by atoms with Gasteiger partial charge >= 0.3 is 0 Å². The standard InChI is InChI=1S/C10H10N6O2/c1-16(2)5-12-10-14-8-7(9(18)15-10)13-6(4-17)3-11-8/h3-5H,1-2H3,(H,11,14,15,18). The summed E-state index contributed by atoms with van der Waals surface area (Å²) in [6.07, 6.45) is 3.27. The molecule has 0 aromatic carbocycles. The first-order valence-corrected chi connectivity index (χ1v) is 5.03. The number of fused-ring (bicyclic) bond motifs is 1. The number of nitrogens with zero attached hydrogens (tertiary/aromatic N) is 5. The maximum Gasteiger partial charge on any atom is 0.280 e. The highest BCUT2D eigenvalue weighted by atomic mass is 16.1. The molecule has 0 unspecified atom stereocenters. The van der Waals surface area contributed by atoms with Crippen LogP contribution in [0.15, 0.2) is 16.0 Å². The third-order valence-electron chi connectivity index (χ3n) is 1.96. The molecule has 0 spiro atoms. The molecule has 92 valence electrons. The number of H-pyrrole nitrogens is 1. The van der Waals surface area contributed by atoms with E-state index in [1.54, 1.807) is 19.0 Å². The molecule has 0 amide bonds. The van der Waals surface area contributed by atoms with Gasteiger partial charge in [0.2, 0.25) is 5.95 Å². The van der Waals surface area contributed by atoms with E-state index in [1.807, 2.05) is 0 Å². The molecule has 0 saturated heterocycles. The number of hydrogen-bond donors (Lipinski definition) is 1. The first-order valence-electron chi connectivity index (χ1n) is 5.03. The number of aliphatic imine (C=N–C) groups is 1. The van der Waals surface area contributed by atoms with E-state index in [4.69, 9.17) is 0 Å². The Morgan fingerprint density at radius 1 is 1.39 bits per heavy atom. The first-order chi connectivity index (χ1) is 8.60. The van der Waals surface area contributed by atoms with Crippen LogP contribution in [0.3, 0.4) is 0 Å². The molecule has 0 bridgehead atoms. The lowest BCUT2D eigenvalue weighted by atomic mass is 10.4. The van der Waals surface area contributed by atoms with Gasteiger partial charge in [0.25, 0.3) is 5.56 Å². The second-order valence-corrected chi connectivity index (χ2v) is 3.68. The number of nitrogens with one attached hydrogen (secondary N) is 1. The highest BCUT2D eigenvalue weighted by Crippen LogP contribution is 2.05. The van der Waals surface area contributed by atoms with Gasteiger partial charge in [0.1, 0.15) is 5.69 Å². The van der Waals surface area contributed by atoms with Crippen molar-refractivity contribution in [1.82, 2.24) is 24.8 Å². The van der Waals surface area contributed by atoms with Crippen LogP contribution in [-0.2, 0) is 0 Å². The molecule has 8 heteroatoms. The largest absolute Gasteiger partial charge is 0.369 e. The SMILES string of the molecule is CN(C)C=Nc1nc2ncc(C=O)nc2c(=O)[nH]1. The zero-order valence-electron chi connectivity index (χ0n) is 9.78. The zero-order valence-corrected chi connectivity index (χ0v) is 9.78. The highest BCUT2D eigenvalue weighted by molar-refractivity contribution is 5.77. The maximum absolute atomic E-state index is 11.7. The average Bonchev–Trinajstić information content (AvgIpc) is 2.36. The van der Waals surface area contributed by atoms with Gasteiger partial charge in [-0.3, -0.25) is 14.6 Å². The van der Waals surface area contributed by atoms with Gasteiger partial charge in [0, 0.05) is 14.1 Å². The normalized spacial score (nSPS) is 11.0. The van der Waals surface area contributed by atoms with E-state index >= 15 is 0 Å². The smallest absolute Gasteiger partial charge is 0.280 e. The monoisotopic (exact) mass is 246 g/mol. The summed E-state index contributed by atoms with van der Waals surface area (Å²) in [5, 5.41) is 0. The van der Waals surface area contributed by atoms with Gasteiger partial charge in [-0.25, -0.2) is 15.0 Å². The van der Waals surface area contributed by atoms with E-state index in [2.05, 4.69) is 24.9 Å². The minimum Gasteiger partial charge on any atom is -0.369 e. The molecule has 0 aliphatic rings. The Morgan fingerprint density at radius 3 is 2.83 bits per heavy atom. The van der Waals surface area contributed by atoms with Gasteiger partial charge in [0.15, 0.2) is 17.5 Å². The van der Waals surface area contributed by atoms with Crippen LogP contribution in [0.5, 0.6) is 0 Å². The number of rotatable bonds is 3. The van der Waals surface area contributed by atoms with Crippen molar-refractivity contribution in [3.63, 3.8) is 0 Å². The second kappa shape index (κ2) is 4.70. The van der Waals surface area contributed by atoms with E-state index in [9.17, 15) is 9.59 Å². The summed E-state index contributed by atoms with van der Waals surface area (Å²) >= 11 is 0. The number of aromatic amines is 1. The highest BCUT2D eigenvalue weighted by Gasteiger charge is 2.06. The van der Waals surface area contributed by atoms with Gasteiger partial charge in [-0.1, -0.05) is 0 Å². The van der Waals surface area contributed by atoms with Crippen molar-refractivity contribution in [3.05, 3.63) is 22.2 Å². The zero-order chi connectivity index (χ0) is 13.1. The molecule has 0 aliphatic heterocycles. The molecule has 0 aliphatic carbocycles. The number of hydrogen-bond acceptors (Lipinski definition) is 6. The minimum absolute atomic E-state index is 0.0170. The molecule has 0 saturated carbocycles. The second-order valence-electron chi connectivity index (χ2n) is 3.68. The van der Waals surface area contributed by atoms with Gasteiger partial charge in [0.05, 0.1) is 12.5 Å².